The van der Waals surface area contributed by atoms with E-state index < -0.39 is 5.97 Å². The molecule has 0 aromatic heterocycles. The molecule has 2 aromatic rings. The Morgan fingerprint density at radius 2 is 1.86 bits per heavy atom. The zero-order chi connectivity index (χ0) is 20.5. The van der Waals surface area contributed by atoms with Crippen molar-refractivity contribution in [3.63, 3.8) is 0 Å². The van der Waals surface area contributed by atoms with Gasteiger partial charge in [0.05, 0.1) is 12.7 Å². The van der Waals surface area contributed by atoms with Crippen LogP contribution in [0.25, 0.3) is 10.8 Å². The Kier molecular flexibility index (Phi) is 7.62. The van der Waals surface area contributed by atoms with Crippen molar-refractivity contribution >= 4 is 34.3 Å². The molecule has 0 spiro atoms. The zero-order valence-electron chi connectivity index (χ0n) is 15.9. The van der Waals surface area contributed by atoms with Crippen molar-refractivity contribution in [1.82, 2.24) is 0 Å². The van der Waals surface area contributed by atoms with Gasteiger partial charge in [-0.05, 0) is 42.5 Å². The van der Waals surface area contributed by atoms with Gasteiger partial charge in [0.1, 0.15) is 5.75 Å². The Hall–Kier alpha value is -3.29. The van der Waals surface area contributed by atoms with Crippen LogP contribution in [0.2, 0.25) is 0 Å². The minimum absolute atomic E-state index is 0.0465. The van der Waals surface area contributed by atoms with E-state index in [1.54, 1.807) is 24.3 Å². The van der Waals surface area contributed by atoms with Gasteiger partial charge in [-0.25, -0.2) is 4.79 Å². The van der Waals surface area contributed by atoms with Crippen LogP contribution in [0.1, 0.15) is 42.5 Å². The van der Waals surface area contributed by atoms with Crippen LogP contribution in [0.15, 0.2) is 35.3 Å². The van der Waals surface area contributed by atoms with Crippen molar-refractivity contribution in [3.05, 3.63) is 35.9 Å². The molecule has 0 unspecified atom stereocenters. The summed E-state index contributed by atoms with van der Waals surface area (Å²) in [4.78, 5) is 27.6. The highest BCUT2D eigenvalue weighted by atomic mass is 16.5. The van der Waals surface area contributed by atoms with E-state index in [1.165, 1.54) is 13.2 Å². The lowest BCUT2D eigenvalue weighted by molar-refractivity contribution is -0.116. The van der Waals surface area contributed by atoms with Gasteiger partial charge in [0.15, 0.2) is 5.96 Å². The third-order valence-corrected chi connectivity index (χ3v) is 4.24. The van der Waals surface area contributed by atoms with Crippen LogP contribution in [0.3, 0.4) is 0 Å². The fourth-order valence-corrected chi connectivity index (χ4v) is 2.83. The second kappa shape index (κ2) is 10.1. The van der Waals surface area contributed by atoms with Crippen LogP contribution in [-0.2, 0) is 9.53 Å². The Bertz CT molecular complexity index is 876. The number of aliphatic imine (C=N–C) groups is 1. The second-order valence-corrected chi connectivity index (χ2v) is 6.44. The van der Waals surface area contributed by atoms with Gasteiger partial charge in [-0.15, -0.1) is 0 Å². The average molecular weight is 386 g/mol. The number of aromatic hydroxyl groups is 1. The summed E-state index contributed by atoms with van der Waals surface area (Å²) in [7, 11) is 1.28. The average Bonchev–Trinajstić information content (AvgIpc) is 2.66. The molecule has 8 nitrogen and oxygen atoms in total. The minimum Gasteiger partial charge on any atom is -0.507 e. The molecule has 28 heavy (non-hydrogen) atoms. The molecule has 0 fully saturated rings. The first kappa shape index (κ1) is 21.0. The zero-order valence-corrected chi connectivity index (χ0v) is 15.9. The molecule has 0 aliphatic rings. The van der Waals surface area contributed by atoms with Gasteiger partial charge in [-0.2, -0.15) is 0 Å². The normalized spacial score (nSPS) is 10.5. The number of unbranched alkanes of at least 4 members (excludes halogenated alkanes) is 3. The standard InChI is InChI=1S/C20H26N4O4/c1-28-19(27)14-10-13-7-8-15(12-16(13)17(25)11-14)24-18(26)6-4-2-3-5-9-23-20(21)22/h7-8,10-12,25H,2-6,9H2,1H3,(H,24,26)(H4,21,22,23). The van der Waals surface area contributed by atoms with Crippen LogP contribution in [0, 0.1) is 0 Å². The molecular weight excluding hydrogens is 360 g/mol. The minimum atomic E-state index is -0.520. The molecule has 0 atom stereocenters. The monoisotopic (exact) mass is 386 g/mol. The number of guanidine groups is 1. The van der Waals surface area contributed by atoms with Crippen LogP contribution in [0.5, 0.6) is 5.75 Å². The van der Waals surface area contributed by atoms with Crippen LogP contribution >= 0.6 is 0 Å². The molecule has 0 saturated carbocycles. The molecule has 2 rings (SSSR count). The third kappa shape index (κ3) is 6.15. The number of hydrogen-bond acceptors (Lipinski definition) is 5. The summed E-state index contributed by atoms with van der Waals surface area (Å²) in [5, 5.41) is 14.2. The highest BCUT2D eigenvalue weighted by Gasteiger charge is 2.11. The molecular formula is C20H26N4O4. The van der Waals surface area contributed by atoms with Gasteiger partial charge in [-0.3, -0.25) is 9.79 Å². The predicted octanol–water partition coefficient (Wildman–Crippen LogP) is 2.49. The predicted molar refractivity (Wildman–Crippen MR) is 109 cm³/mol. The van der Waals surface area contributed by atoms with Crippen molar-refractivity contribution in [2.24, 2.45) is 16.5 Å². The maximum Gasteiger partial charge on any atom is 0.338 e. The summed E-state index contributed by atoms with van der Waals surface area (Å²) in [6, 6.07) is 8.13. The summed E-state index contributed by atoms with van der Waals surface area (Å²) in [6.07, 6.45) is 3.94. The highest BCUT2D eigenvalue weighted by molar-refractivity contribution is 6.00. The SMILES string of the molecule is COC(=O)c1cc(O)c2cc(NC(=O)CCCCCCN=C(N)N)ccc2c1. The van der Waals surface area contributed by atoms with E-state index in [9.17, 15) is 14.7 Å². The fraction of sp³-hybridized carbons (Fsp3) is 0.350. The summed E-state index contributed by atoms with van der Waals surface area (Å²) >= 11 is 0. The number of nitrogens with two attached hydrogens (primary N) is 2. The lowest BCUT2D eigenvalue weighted by atomic mass is 10.0. The van der Waals surface area contributed by atoms with Crippen molar-refractivity contribution < 1.29 is 19.4 Å². The molecule has 0 aliphatic heterocycles. The van der Waals surface area contributed by atoms with Gasteiger partial charge >= 0.3 is 5.97 Å². The molecule has 8 heteroatoms. The molecule has 0 heterocycles. The molecule has 2 aromatic carbocycles. The maximum absolute atomic E-state index is 12.1. The van der Waals surface area contributed by atoms with Crippen molar-refractivity contribution in [1.29, 1.82) is 0 Å². The molecule has 1 amide bonds. The number of hydrogen-bond donors (Lipinski definition) is 4. The number of phenolic OH excluding ortho intramolecular Hbond substituents is 1. The van der Waals surface area contributed by atoms with Crippen molar-refractivity contribution in [3.8, 4) is 5.75 Å². The number of phenols is 1. The summed E-state index contributed by atoms with van der Waals surface area (Å²) in [5.41, 5.74) is 11.4. The molecule has 0 saturated heterocycles. The molecule has 0 aliphatic carbocycles. The first-order chi connectivity index (χ1) is 13.4. The lowest BCUT2D eigenvalue weighted by Gasteiger charge is -2.09. The second-order valence-electron chi connectivity index (χ2n) is 6.44. The number of nitrogens with one attached hydrogen (secondary N) is 1. The van der Waals surface area contributed by atoms with E-state index in [0.717, 1.165) is 25.7 Å². The quantitative estimate of drug-likeness (QED) is 0.226. The van der Waals surface area contributed by atoms with Crippen LogP contribution in [0.4, 0.5) is 5.69 Å². The number of ether oxygens (including phenoxy) is 1. The van der Waals surface area contributed by atoms with E-state index in [-0.39, 0.29) is 23.2 Å². The van der Waals surface area contributed by atoms with E-state index >= 15 is 0 Å². The Morgan fingerprint density at radius 3 is 2.57 bits per heavy atom. The number of esters is 1. The maximum atomic E-state index is 12.1. The van der Waals surface area contributed by atoms with E-state index in [1.807, 2.05) is 0 Å². The number of anilines is 1. The smallest absolute Gasteiger partial charge is 0.338 e. The highest BCUT2D eigenvalue weighted by Crippen LogP contribution is 2.29. The third-order valence-electron chi connectivity index (χ3n) is 4.24. The first-order valence-electron chi connectivity index (χ1n) is 9.11. The van der Waals surface area contributed by atoms with Crippen molar-refractivity contribution in [2.75, 3.05) is 19.0 Å². The Morgan fingerprint density at radius 1 is 1.11 bits per heavy atom. The number of nitrogens with zero attached hydrogens (tertiary/aromatic N) is 1. The number of benzene rings is 2. The molecule has 6 N–H and O–H groups in total. The summed E-state index contributed by atoms with van der Waals surface area (Å²) in [5.74, 6) is -0.556. The number of carbonyl (C=O) groups excluding carboxylic acids is 2. The van der Waals surface area contributed by atoms with E-state index in [4.69, 9.17) is 11.5 Å². The van der Waals surface area contributed by atoms with Gasteiger partial charge in [0.25, 0.3) is 0 Å². The molecule has 150 valence electrons. The van der Waals surface area contributed by atoms with Crippen LogP contribution < -0.4 is 16.8 Å². The van der Waals surface area contributed by atoms with Gasteiger partial charge in [0.2, 0.25) is 5.91 Å². The lowest BCUT2D eigenvalue weighted by Crippen LogP contribution is -2.22. The van der Waals surface area contributed by atoms with E-state index in [2.05, 4.69) is 15.0 Å². The molecule has 0 radical (unpaired) electrons. The Balaban J connectivity index is 1.88. The van der Waals surface area contributed by atoms with E-state index in [0.29, 0.717) is 29.4 Å². The number of amides is 1. The summed E-state index contributed by atoms with van der Waals surface area (Å²) in [6.45, 7) is 0.604. The van der Waals surface area contributed by atoms with Crippen LogP contribution in [-0.4, -0.2) is 36.6 Å². The van der Waals surface area contributed by atoms with Gasteiger partial charge in [-0.1, -0.05) is 18.9 Å². The van der Waals surface area contributed by atoms with Crippen molar-refractivity contribution in [2.45, 2.75) is 32.1 Å². The fourth-order valence-electron chi connectivity index (χ4n) is 2.83. The number of methoxy groups -OCH3 is 1. The Labute approximate surface area is 163 Å². The number of carbonyl (C=O) groups is 2. The largest absolute Gasteiger partial charge is 0.507 e. The van der Waals surface area contributed by atoms with Gasteiger partial charge in [0, 0.05) is 24.0 Å². The molecule has 0 bridgehead atoms. The number of rotatable bonds is 9. The topological polar surface area (TPSA) is 140 Å². The first-order valence-corrected chi connectivity index (χ1v) is 9.11. The summed E-state index contributed by atoms with van der Waals surface area (Å²) < 4.78 is 4.67. The number of fused-ring (bicyclic) bond motifs is 1. The van der Waals surface area contributed by atoms with Gasteiger partial charge < -0.3 is 26.6 Å².